The highest BCUT2D eigenvalue weighted by atomic mass is 32.2. The zero-order valence-electron chi connectivity index (χ0n) is 15.9. The fraction of sp³-hybridized carbons (Fsp3) is 0.0952. The summed E-state index contributed by atoms with van der Waals surface area (Å²) in [4.78, 5) is 22.5. The minimum atomic E-state index is -4.04. The standard InChI is InChI=1S/C21H15F2N3O3S2/c22-14-7-9-16(10-8-14)31(28,29)13-19(27)26(12-15-4-1-2-11-24-15)21-25-20-17(23)5-3-6-18(20)30-21/h1-11H,12-13H2. The molecule has 0 radical (unpaired) electrons. The van der Waals surface area contributed by atoms with Gasteiger partial charge in [0.05, 0.1) is 21.8 Å². The first kappa shape index (κ1) is 21.0. The maximum atomic E-state index is 14.1. The number of thiazole rings is 1. The summed E-state index contributed by atoms with van der Waals surface area (Å²) in [6.07, 6.45) is 1.55. The molecule has 0 saturated heterocycles. The Bertz CT molecular complexity index is 1340. The minimum absolute atomic E-state index is 0.0416. The lowest BCUT2D eigenvalue weighted by molar-refractivity contribution is -0.116. The summed E-state index contributed by atoms with van der Waals surface area (Å²) in [5, 5.41) is 0.157. The van der Waals surface area contributed by atoms with E-state index in [1.54, 1.807) is 30.5 Å². The first-order valence-electron chi connectivity index (χ1n) is 9.07. The average molecular weight is 459 g/mol. The highest BCUT2D eigenvalue weighted by molar-refractivity contribution is 7.92. The number of benzene rings is 2. The lowest BCUT2D eigenvalue weighted by atomic mass is 10.3. The van der Waals surface area contributed by atoms with Gasteiger partial charge >= 0.3 is 0 Å². The number of pyridine rings is 1. The van der Waals surface area contributed by atoms with E-state index >= 15 is 0 Å². The van der Waals surface area contributed by atoms with Crippen LogP contribution in [-0.4, -0.2) is 30.0 Å². The molecule has 0 bridgehead atoms. The molecule has 0 aliphatic carbocycles. The second-order valence-electron chi connectivity index (χ2n) is 6.60. The number of sulfone groups is 1. The molecule has 0 spiro atoms. The summed E-state index contributed by atoms with van der Waals surface area (Å²) in [5.41, 5.74) is 0.609. The SMILES string of the molecule is O=C(CS(=O)(=O)c1ccc(F)cc1)N(Cc1ccccn1)c1nc2c(F)cccc2s1. The zero-order valence-corrected chi connectivity index (χ0v) is 17.5. The van der Waals surface area contributed by atoms with E-state index in [9.17, 15) is 22.0 Å². The Kier molecular flexibility index (Phi) is 5.75. The molecule has 31 heavy (non-hydrogen) atoms. The second kappa shape index (κ2) is 8.48. The molecule has 2 heterocycles. The molecule has 0 N–H and O–H groups in total. The summed E-state index contributed by atoms with van der Waals surface area (Å²) in [6, 6.07) is 13.8. The van der Waals surface area contributed by atoms with Gasteiger partial charge in [0.1, 0.15) is 22.9 Å². The van der Waals surface area contributed by atoms with Gasteiger partial charge < -0.3 is 0 Å². The normalized spacial score (nSPS) is 11.5. The number of nitrogens with zero attached hydrogens (tertiary/aromatic N) is 3. The van der Waals surface area contributed by atoms with Gasteiger partial charge in [-0.2, -0.15) is 0 Å². The van der Waals surface area contributed by atoms with E-state index in [1.807, 2.05) is 0 Å². The smallest absolute Gasteiger partial charge is 0.244 e. The van der Waals surface area contributed by atoms with Crippen molar-refractivity contribution < 1.29 is 22.0 Å². The highest BCUT2D eigenvalue weighted by Gasteiger charge is 2.27. The van der Waals surface area contributed by atoms with Crippen molar-refractivity contribution in [2.24, 2.45) is 0 Å². The zero-order chi connectivity index (χ0) is 22.0. The number of amides is 1. The fourth-order valence-corrected chi connectivity index (χ4v) is 5.10. The average Bonchev–Trinajstić information content (AvgIpc) is 3.18. The number of carbonyl (C=O) groups excluding carboxylic acids is 1. The van der Waals surface area contributed by atoms with Crippen LogP contribution < -0.4 is 4.90 Å². The Balaban J connectivity index is 1.70. The molecule has 0 saturated carbocycles. The molecule has 1 amide bonds. The van der Waals surface area contributed by atoms with Crippen LogP contribution in [0.25, 0.3) is 10.2 Å². The largest absolute Gasteiger partial charge is 0.281 e. The Hall–Kier alpha value is -3.24. The van der Waals surface area contributed by atoms with Crippen LogP contribution in [0.3, 0.4) is 0 Å². The molecule has 2 aromatic carbocycles. The van der Waals surface area contributed by atoms with Crippen molar-refractivity contribution >= 4 is 42.4 Å². The Labute approximate surface area is 180 Å². The molecule has 4 aromatic rings. The molecule has 158 valence electrons. The lowest BCUT2D eigenvalue weighted by Gasteiger charge is -2.19. The van der Waals surface area contributed by atoms with Gasteiger partial charge in [0, 0.05) is 6.20 Å². The number of hydrogen-bond donors (Lipinski definition) is 0. The highest BCUT2D eigenvalue weighted by Crippen LogP contribution is 2.31. The van der Waals surface area contributed by atoms with Gasteiger partial charge in [-0.05, 0) is 48.5 Å². The Morgan fingerprint density at radius 3 is 2.45 bits per heavy atom. The van der Waals surface area contributed by atoms with Gasteiger partial charge in [-0.25, -0.2) is 22.2 Å². The van der Waals surface area contributed by atoms with Crippen LogP contribution in [0.5, 0.6) is 0 Å². The summed E-state index contributed by atoms with van der Waals surface area (Å²) in [7, 11) is -4.04. The molecule has 0 unspecified atom stereocenters. The van der Waals surface area contributed by atoms with Gasteiger partial charge in [0.2, 0.25) is 5.91 Å². The van der Waals surface area contributed by atoms with Gasteiger partial charge in [-0.1, -0.05) is 23.5 Å². The number of rotatable bonds is 6. The van der Waals surface area contributed by atoms with Crippen molar-refractivity contribution in [3.8, 4) is 0 Å². The minimum Gasteiger partial charge on any atom is -0.281 e. The van der Waals surface area contributed by atoms with Gasteiger partial charge in [-0.15, -0.1) is 0 Å². The molecular weight excluding hydrogens is 444 g/mol. The lowest BCUT2D eigenvalue weighted by Crippen LogP contribution is -2.35. The first-order valence-corrected chi connectivity index (χ1v) is 11.5. The quantitative estimate of drug-likeness (QED) is 0.408. The predicted molar refractivity (Wildman–Crippen MR) is 113 cm³/mol. The van der Waals surface area contributed by atoms with Crippen LogP contribution in [0.4, 0.5) is 13.9 Å². The van der Waals surface area contributed by atoms with E-state index in [4.69, 9.17) is 0 Å². The van der Waals surface area contributed by atoms with Crippen LogP contribution in [-0.2, 0) is 21.2 Å². The van der Waals surface area contributed by atoms with Gasteiger partial charge in [0.25, 0.3) is 0 Å². The maximum Gasteiger partial charge on any atom is 0.244 e. The monoisotopic (exact) mass is 459 g/mol. The molecule has 4 rings (SSSR count). The number of aromatic nitrogens is 2. The van der Waals surface area contributed by atoms with Crippen molar-refractivity contribution in [2.75, 3.05) is 10.7 Å². The van der Waals surface area contributed by atoms with Crippen LogP contribution >= 0.6 is 11.3 Å². The number of fused-ring (bicyclic) bond motifs is 1. The van der Waals surface area contributed by atoms with E-state index in [1.165, 1.54) is 17.0 Å². The number of anilines is 1. The molecule has 0 aliphatic heterocycles. The third kappa shape index (κ3) is 4.59. The number of para-hydroxylation sites is 1. The molecule has 0 atom stereocenters. The van der Waals surface area contributed by atoms with Crippen LogP contribution in [0.2, 0.25) is 0 Å². The van der Waals surface area contributed by atoms with E-state index in [0.717, 1.165) is 35.6 Å². The topological polar surface area (TPSA) is 80.2 Å². The number of hydrogen-bond acceptors (Lipinski definition) is 6. The van der Waals surface area contributed by atoms with Crippen LogP contribution in [0.15, 0.2) is 71.8 Å². The Morgan fingerprint density at radius 2 is 1.77 bits per heavy atom. The maximum absolute atomic E-state index is 14.1. The van der Waals surface area contributed by atoms with Crippen molar-refractivity contribution in [2.45, 2.75) is 11.4 Å². The molecule has 6 nitrogen and oxygen atoms in total. The summed E-state index contributed by atoms with van der Waals surface area (Å²) >= 11 is 1.07. The summed E-state index contributed by atoms with van der Waals surface area (Å²) in [6.45, 7) is -0.0416. The molecule has 2 aromatic heterocycles. The molecule has 0 fully saturated rings. The summed E-state index contributed by atoms with van der Waals surface area (Å²) < 4.78 is 53.2. The molecule has 0 aliphatic rings. The first-order chi connectivity index (χ1) is 14.8. The third-order valence-electron chi connectivity index (χ3n) is 4.42. The molecule has 10 heteroatoms. The predicted octanol–water partition coefficient (Wildman–Crippen LogP) is 3.98. The van der Waals surface area contributed by atoms with E-state index in [-0.39, 0.29) is 22.1 Å². The third-order valence-corrected chi connectivity index (χ3v) is 7.08. The van der Waals surface area contributed by atoms with E-state index in [2.05, 4.69) is 9.97 Å². The van der Waals surface area contributed by atoms with Crippen molar-refractivity contribution in [3.63, 3.8) is 0 Å². The van der Waals surface area contributed by atoms with Crippen molar-refractivity contribution in [3.05, 3.63) is 84.2 Å². The van der Waals surface area contributed by atoms with Crippen LogP contribution in [0, 0.1) is 11.6 Å². The fourth-order valence-electron chi connectivity index (χ4n) is 2.90. The van der Waals surface area contributed by atoms with Gasteiger partial charge in [-0.3, -0.25) is 14.7 Å². The second-order valence-corrected chi connectivity index (χ2v) is 9.60. The van der Waals surface area contributed by atoms with E-state index in [0.29, 0.717) is 10.4 Å². The van der Waals surface area contributed by atoms with Crippen LogP contribution in [0.1, 0.15) is 5.69 Å². The van der Waals surface area contributed by atoms with E-state index < -0.39 is 33.1 Å². The Morgan fingerprint density at radius 1 is 1.00 bits per heavy atom. The molecular formula is C21H15F2N3O3S2. The van der Waals surface area contributed by atoms with Gasteiger partial charge in [0.15, 0.2) is 15.0 Å². The summed E-state index contributed by atoms with van der Waals surface area (Å²) in [5.74, 6) is -2.73. The number of halogens is 2. The van der Waals surface area contributed by atoms with Crippen molar-refractivity contribution in [1.29, 1.82) is 0 Å². The number of carbonyl (C=O) groups is 1. The van der Waals surface area contributed by atoms with Crippen molar-refractivity contribution in [1.82, 2.24) is 9.97 Å².